The second-order valence-corrected chi connectivity index (χ2v) is 7.82. The van der Waals surface area contributed by atoms with Crippen LogP contribution in [0.4, 0.5) is 15.9 Å². The quantitative estimate of drug-likeness (QED) is 0.436. The topological polar surface area (TPSA) is 62.1 Å². The lowest BCUT2D eigenvalue weighted by molar-refractivity contribution is 0.281. The van der Waals surface area contributed by atoms with Crippen LogP contribution >= 0.6 is 23.2 Å². The molecular weight excluding hydrogens is 426 g/mol. The fourth-order valence-electron chi connectivity index (χ4n) is 3.80. The van der Waals surface area contributed by atoms with Crippen LogP contribution in [0.15, 0.2) is 48.9 Å². The number of halogens is 3. The smallest absolute Gasteiger partial charge is 0.144 e. The van der Waals surface area contributed by atoms with Crippen molar-refractivity contribution in [3.63, 3.8) is 0 Å². The van der Waals surface area contributed by atoms with Gasteiger partial charge in [-0.3, -0.25) is 0 Å². The summed E-state index contributed by atoms with van der Waals surface area (Å²) in [5.41, 5.74) is 4.82. The Morgan fingerprint density at radius 3 is 2.73 bits per heavy atom. The minimum atomic E-state index is -0.415. The van der Waals surface area contributed by atoms with E-state index >= 15 is 0 Å². The Morgan fingerprint density at radius 2 is 1.90 bits per heavy atom. The summed E-state index contributed by atoms with van der Waals surface area (Å²) < 4.78 is 13.9. The number of aliphatic hydroxyl groups is 1. The number of rotatable bonds is 3. The summed E-state index contributed by atoms with van der Waals surface area (Å²) in [5.74, 6) is 0.314. The maximum atomic E-state index is 13.9. The van der Waals surface area contributed by atoms with Gasteiger partial charge >= 0.3 is 0 Å². The first kappa shape index (κ1) is 19.2. The number of aromatic nitrogens is 3. The molecule has 0 atom stereocenters. The van der Waals surface area contributed by atoms with Gasteiger partial charge in [-0.2, -0.15) is 0 Å². The fraction of sp³-hybridized carbons (Fsp3) is 0.136. The van der Waals surface area contributed by atoms with Crippen molar-refractivity contribution in [2.75, 3.05) is 11.4 Å². The molecule has 0 amide bonds. The normalized spacial score (nSPS) is 13.1. The van der Waals surface area contributed by atoms with E-state index in [0.29, 0.717) is 18.5 Å². The van der Waals surface area contributed by atoms with Crippen LogP contribution in [0.3, 0.4) is 0 Å². The zero-order valence-electron chi connectivity index (χ0n) is 15.6. The molecule has 30 heavy (non-hydrogen) atoms. The predicted octanol–water partition coefficient (Wildman–Crippen LogP) is 5.32. The van der Waals surface area contributed by atoms with Gasteiger partial charge in [0.15, 0.2) is 0 Å². The first-order valence-electron chi connectivity index (χ1n) is 9.31. The lowest BCUT2D eigenvalue weighted by Crippen LogP contribution is -2.15. The van der Waals surface area contributed by atoms with E-state index in [1.165, 1.54) is 12.4 Å². The van der Waals surface area contributed by atoms with Gasteiger partial charge in [0.05, 0.1) is 17.1 Å². The molecule has 150 valence electrons. The average molecular weight is 441 g/mol. The Balaban J connectivity index is 1.65. The molecule has 0 aliphatic carbocycles. The van der Waals surface area contributed by atoms with Crippen molar-refractivity contribution in [3.05, 3.63) is 76.0 Å². The summed E-state index contributed by atoms with van der Waals surface area (Å²) in [4.78, 5) is 15.1. The summed E-state index contributed by atoms with van der Waals surface area (Å²) >= 11 is 12.1. The summed E-state index contributed by atoms with van der Waals surface area (Å²) in [5, 5.41) is 10.7. The van der Waals surface area contributed by atoms with Crippen LogP contribution in [0.5, 0.6) is 0 Å². The molecule has 5 nitrogen and oxygen atoms in total. The molecule has 1 aliphatic rings. The highest BCUT2D eigenvalue weighted by Gasteiger charge is 2.25. The molecule has 5 rings (SSSR count). The van der Waals surface area contributed by atoms with E-state index in [1.54, 1.807) is 12.3 Å². The van der Waals surface area contributed by atoms with E-state index in [-0.39, 0.29) is 16.8 Å². The Kier molecular flexibility index (Phi) is 4.77. The Labute approximate surface area is 181 Å². The molecule has 0 saturated carbocycles. The second-order valence-electron chi connectivity index (χ2n) is 7.06. The first-order chi connectivity index (χ1) is 14.5. The maximum absolute atomic E-state index is 13.9. The van der Waals surface area contributed by atoms with Gasteiger partial charge in [0.2, 0.25) is 0 Å². The van der Waals surface area contributed by atoms with Crippen LogP contribution < -0.4 is 4.90 Å². The van der Waals surface area contributed by atoms with Crippen LogP contribution in [-0.2, 0) is 13.0 Å². The summed E-state index contributed by atoms with van der Waals surface area (Å²) in [6.07, 6.45) is 3.89. The van der Waals surface area contributed by atoms with E-state index in [4.69, 9.17) is 23.2 Å². The molecule has 0 unspecified atom stereocenters. The molecule has 0 saturated heterocycles. The van der Waals surface area contributed by atoms with Crippen LogP contribution in [0, 0.1) is 5.82 Å². The minimum Gasteiger partial charge on any atom is -0.392 e. The van der Waals surface area contributed by atoms with Gasteiger partial charge in [-0.15, -0.1) is 0 Å². The number of hydrogen-bond donors (Lipinski definition) is 1. The summed E-state index contributed by atoms with van der Waals surface area (Å²) in [6, 6.07) is 10.8. The molecule has 1 N–H and O–H groups in total. The standard InChI is InChI=1S/C22H15Cl2FN4O/c23-17-8-20-13(7-18(17)25)3-4-29(20)22-16-6-12(1-2-19(16)27-11-28-22)14-5-15(10-30)21(24)26-9-14/h1-2,5-9,11,30H,3-4,10H2. The SMILES string of the molecule is OCc1cc(-c2ccc3ncnc(N4CCc5cc(F)c(Cl)cc54)c3c2)cnc1Cl. The highest BCUT2D eigenvalue weighted by atomic mass is 35.5. The molecule has 8 heteroatoms. The van der Waals surface area contributed by atoms with Gasteiger partial charge in [-0.25, -0.2) is 19.3 Å². The number of aliphatic hydroxyl groups excluding tert-OH is 1. The molecule has 0 spiro atoms. The van der Waals surface area contributed by atoms with Crippen molar-refractivity contribution in [2.45, 2.75) is 13.0 Å². The number of benzene rings is 2. The number of nitrogens with zero attached hydrogens (tertiary/aromatic N) is 4. The maximum Gasteiger partial charge on any atom is 0.144 e. The van der Waals surface area contributed by atoms with Crippen molar-refractivity contribution in [2.24, 2.45) is 0 Å². The highest BCUT2D eigenvalue weighted by Crippen LogP contribution is 2.39. The van der Waals surface area contributed by atoms with Gasteiger partial charge < -0.3 is 10.0 Å². The Hall–Kier alpha value is -2.80. The zero-order chi connectivity index (χ0) is 20.8. The predicted molar refractivity (Wildman–Crippen MR) is 116 cm³/mol. The fourth-order valence-corrected chi connectivity index (χ4v) is 4.12. The van der Waals surface area contributed by atoms with Crippen LogP contribution in [0.1, 0.15) is 11.1 Å². The largest absolute Gasteiger partial charge is 0.392 e. The van der Waals surface area contributed by atoms with Gasteiger partial charge in [-0.1, -0.05) is 29.3 Å². The van der Waals surface area contributed by atoms with E-state index in [1.807, 2.05) is 29.2 Å². The first-order valence-corrected chi connectivity index (χ1v) is 10.1. The van der Waals surface area contributed by atoms with Gasteiger partial charge in [0.1, 0.15) is 23.1 Å². The Morgan fingerprint density at radius 1 is 1.03 bits per heavy atom. The number of anilines is 2. The Bertz CT molecular complexity index is 1300. The number of pyridine rings is 1. The zero-order valence-corrected chi connectivity index (χ0v) is 17.1. The highest BCUT2D eigenvalue weighted by molar-refractivity contribution is 6.31. The molecule has 1 aliphatic heterocycles. The third-order valence-corrected chi connectivity index (χ3v) is 5.93. The molecule has 0 bridgehead atoms. The van der Waals surface area contributed by atoms with E-state index in [2.05, 4.69) is 15.0 Å². The lowest BCUT2D eigenvalue weighted by atomic mass is 10.0. The monoisotopic (exact) mass is 440 g/mol. The van der Waals surface area contributed by atoms with Crippen LogP contribution in [0.25, 0.3) is 22.0 Å². The molecule has 0 radical (unpaired) electrons. The van der Waals surface area contributed by atoms with Crippen molar-refractivity contribution in [3.8, 4) is 11.1 Å². The molecule has 2 aromatic heterocycles. The van der Waals surface area contributed by atoms with E-state index in [9.17, 15) is 9.50 Å². The van der Waals surface area contributed by atoms with Crippen LogP contribution in [-0.4, -0.2) is 26.6 Å². The lowest BCUT2D eigenvalue weighted by Gasteiger charge is -2.20. The molecular formula is C22H15Cl2FN4O. The molecule has 2 aromatic carbocycles. The molecule has 3 heterocycles. The third kappa shape index (κ3) is 3.17. The van der Waals surface area contributed by atoms with E-state index < -0.39 is 5.82 Å². The molecule has 0 fully saturated rings. The van der Waals surface area contributed by atoms with Crippen molar-refractivity contribution in [1.29, 1.82) is 0 Å². The number of hydrogen-bond acceptors (Lipinski definition) is 5. The van der Waals surface area contributed by atoms with E-state index in [0.717, 1.165) is 39.1 Å². The van der Waals surface area contributed by atoms with Gasteiger partial charge in [0, 0.05) is 34.9 Å². The van der Waals surface area contributed by atoms with Crippen molar-refractivity contribution in [1.82, 2.24) is 15.0 Å². The molecule has 4 aromatic rings. The van der Waals surface area contributed by atoms with Gasteiger partial charge in [-0.05, 0) is 47.9 Å². The summed E-state index contributed by atoms with van der Waals surface area (Å²) in [7, 11) is 0. The van der Waals surface area contributed by atoms with Crippen molar-refractivity contribution < 1.29 is 9.50 Å². The average Bonchev–Trinajstić information content (AvgIpc) is 3.16. The third-order valence-electron chi connectivity index (χ3n) is 5.30. The van der Waals surface area contributed by atoms with Gasteiger partial charge in [0.25, 0.3) is 0 Å². The number of fused-ring (bicyclic) bond motifs is 2. The van der Waals surface area contributed by atoms with Crippen LogP contribution in [0.2, 0.25) is 10.2 Å². The minimum absolute atomic E-state index is 0.0865. The summed E-state index contributed by atoms with van der Waals surface area (Å²) in [6.45, 7) is 0.478. The second kappa shape index (κ2) is 7.47. The van der Waals surface area contributed by atoms with Crippen molar-refractivity contribution >= 4 is 45.6 Å².